The van der Waals surface area contributed by atoms with Crippen LogP contribution in [0.25, 0.3) is 12.2 Å². The average molecular weight is 405 g/mol. The van der Waals surface area contributed by atoms with Gasteiger partial charge in [0.15, 0.2) is 23.3 Å². The van der Waals surface area contributed by atoms with Crippen molar-refractivity contribution in [1.82, 2.24) is 25.1 Å². The Morgan fingerprint density at radius 1 is 1.03 bits per heavy atom. The van der Waals surface area contributed by atoms with E-state index in [0.717, 1.165) is 43.3 Å². The van der Waals surface area contributed by atoms with Gasteiger partial charge in [0, 0.05) is 37.9 Å². The van der Waals surface area contributed by atoms with Crippen LogP contribution in [0.2, 0.25) is 0 Å². The summed E-state index contributed by atoms with van der Waals surface area (Å²) in [7, 11) is 2.13. The van der Waals surface area contributed by atoms with Crippen LogP contribution in [0.15, 0.2) is 30.3 Å². The summed E-state index contributed by atoms with van der Waals surface area (Å²) in [5.41, 5.74) is 10.3. The zero-order valence-corrected chi connectivity index (χ0v) is 17.7. The molecule has 1 aliphatic heterocycles. The molecule has 1 fully saturated rings. The van der Waals surface area contributed by atoms with Gasteiger partial charge in [0.05, 0.1) is 0 Å². The molecule has 8 heteroatoms. The number of likely N-dealkylation sites (N-methyl/N-ethyl adjacent to an activating group) is 1. The van der Waals surface area contributed by atoms with Crippen molar-refractivity contribution in [1.29, 1.82) is 0 Å². The minimum absolute atomic E-state index is 0.535. The number of hydrogen-bond donors (Lipinski definition) is 3. The number of hydrogen-bond acceptors (Lipinski definition) is 7. The summed E-state index contributed by atoms with van der Waals surface area (Å²) in [5.74, 6) is 2.61. The number of anilines is 4. The molecule has 2 aromatic heterocycles. The summed E-state index contributed by atoms with van der Waals surface area (Å²) >= 11 is 0. The van der Waals surface area contributed by atoms with E-state index in [1.165, 1.54) is 5.56 Å². The van der Waals surface area contributed by atoms with Gasteiger partial charge in [-0.3, -0.25) is 5.10 Å². The first-order chi connectivity index (χ1) is 14.5. The van der Waals surface area contributed by atoms with E-state index >= 15 is 0 Å². The Morgan fingerprint density at radius 2 is 1.77 bits per heavy atom. The first-order valence-corrected chi connectivity index (χ1v) is 10.1. The summed E-state index contributed by atoms with van der Waals surface area (Å²) in [4.78, 5) is 14.0. The first-order valence-electron chi connectivity index (χ1n) is 10.1. The van der Waals surface area contributed by atoms with E-state index in [0.29, 0.717) is 23.1 Å². The van der Waals surface area contributed by atoms with E-state index in [9.17, 15) is 0 Å². The zero-order valence-electron chi connectivity index (χ0n) is 17.7. The molecular formula is C22H28N8. The lowest BCUT2D eigenvalue weighted by Gasteiger charge is -2.34. The fourth-order valence-corrected chi connectivity index (χ4v) is 3.36. The number of aryl methyl sites for hydroxylation is 2. The van der Waals surface area contributed by atoms with E-state index in [1.54, 1.807) is 0 Å². The van der Waals surface area contributed by atoms with Gasteiger partial charge in [0.25, 0.3) is 0 Å². The van der Waals surface area contributed by atoms with Gasteiger partial charge in [0.2, 0.25) is 0 Å². The van der Waals surface area contributed by atoms with Crippen molar-refractivity contribution in [3.63, 3.8) is 0 Å². The fourth-order valence-electron chi connectivity index (χ4n) is 3.36. The van der Waals surface area contributed by atoms with Gasteiger partial charge in [0.1, 0.15) is 5.69 Å². The van der Waals surface area contributed by atoms with Crippen LogP contribution in [0.3, 0.4) is 0 Å². The van der Waals surface area contributed by atoms with E-state index in [-0.39, 0.29) is 0 Å². The highest BCUT2D eigenvalue weighted by molar-refractivity contribution is 5.80. The topological polar surface area (TPSA) is 99.0 Å². The number of nitrogen functional groups attached to an aromatic ring is 1. The lowest BCUT2D eigenvalue weighted by atomic mass is 10.1. The van der Waals surface area contributed by atoms with Crippen molar-refractivity contribution in [3.05, 3.63) is 53.0 Å². The third kappa shape index (κ3) is 4.60. The van der Waals surface area contributed by atoms with Crippen LogP contribution >= 0.6 is 0 Å². The summed E-state index contributed by atoms with van der Waals surface area (Å²) in [5, 5.41) is 10.4. The summed E-state index contributed by atoms with van der Waals surface area (Å²) in [6, 6.07) is 10.3. The predicted molar refractivity (Wildman–Crippen MR) is 123 cm³/mol. The monoisotopic (exact) mass is 404 g/mol. The summed E-state index contributed by atoms with van der Waals surface area (Å²) in [6.07, 6.45) is 3.94. The Hall–Kier alpha value is -3.39. The Balaban J connectivity index is 1.68. The highest BCUT2D eigenvalue weighted by Crippen LogP contribution is 2.30. The van der Waals surface area contributed by atoms with Crippen molar-refractivity contribution < 1.29 is 0 Å². The number of piperazine rings is 1. The second-order valence-electron chi connectivity index (χ2n) is 7.76. The number of nitrogens with zero attached hydrogens (tertiary/aromatic N) is 5. The quantitative estimate of drug-likeness (QED) is 0.601. The minimum atomic E-state index is 0.535. The maximum absolute atomic E-state index is 6.49. The van der Waals surface area contributed by atoms with Crippen LogP contribution in [0.5, 0.6) is 0 Å². The average Bonchev–Trinajstić information content (AvgIpc) is 3.15. The van der Waals surface area contributed by atoms with Crippen molar-refractivity contribution in [2.24, 2.45) is 0 Å². The molecule has 0 aliphatic carbocycles. The maximum atomic E-state index is 6.49. The standard InChI is InChI=1S/C22H28N8/c1-15-4-6-17(7-5-15)8-9-18-24-21(25-19-14-16(2)27-28-19)20(23)22(26-18)30-12-10-29(3)11-13-30/h4-9,14H,10-13,23H2,1-3H3,(H2,24,25,26,27,28). The molecule has 0 saturated carbocycles. The molecule has 0 spiro atoms. The molecular weight excluding hydrogens is 376 g/mol. The minimum Gasteiger partial charge on any atom is -0.393 e. The second kappa shape index (κ2) is 8.54. The molecule has 4 N–H and O–H groups in total. The fraction of sp³-hybridized carbons (Fsp3) is 0.318. The number of aromatic amines is 1. The van der Waals surface area contributed by atoms with Gasteiger partial charge in [-0.2, -0.15) is 5.10 Å². The Kier molecular flexibility index (Phi) is 5.67. The third-order valence-electron chi connectivity index (χ3n) is 5.20. The number of aromatic nitrogens is 4. The Labute approximate surface area is 176 Å². The smallest absolute Gasteiger partial charge is 0.161 e. The van der Waals surface area contributed by atoms with Gasteiger partial charge in [-0.15, -0.1) is 0 Å². The highest BCUT2D eigenvalue weighted by Gasteiger charge is 2.21. The van der Waals surface area contributed by atoms with Crippen LogP contribution in [0.1, 0.15) is 22.6 Å². The normalized spacial score (nSPS) is 15.1. The molecule has 30 heavy (non-hydrogen) atoms. The van der Waals surface area contributed by atoms with Crippen molar-refractivity contribution in [3.8, 4) is 0 Å². The molecule has 156 valence electrons. The van der Waals surface area contributed by atoms with Gasteiger partial charge >= 0.3 is 0 Å². The summed E-state index contributed by atoms with van der Waals surface area (Å²) < 4.78 is 0. The molecule has 0 unspecified atom stereocenters. The van der Waals surface area contributed by atoms with Crippen LogP contribution in [-0.2, 0) is 0 Å². The second-order valence-corrected chi connectivity index (χ2v) is 7.76. The first kappa shape index (κ1) is 19.9. The van der Waals surface area contributed by atoms with Crippen LogP contribution in [0, 0.1) is 13.8 Å². The van der Waals surface area contributed by atoms with Crippen LogP contribution < -0.4 is 16.0 Å². The van der Waals surface area contributed by atoms with E-state index in [4.69, 9.17) is 10.7 Å². The molecule has 8 nitrogen and oxygen atoms in total. The lowest BCUT2D eigenvalue weighted by Crippen LogP contribution is -2.45. The number of nitrogens with two attached hydrogens (primary N) is 1. The van der Waals surface area contributed by atoms with Crippen LogP contribution in [0.4, 0.5) is 23.1 Å². The van der Waals surface area contributed by atoms with Gasteiger partial charge < -0.3 is 20.9 Å². The van der Waals surface area contributed by atoms with Gasteiger partial charge in [-0.25, -0.2) is 9.97 Å². The molecule has 3 aromatic rings. The molecule has 1 aliphatic rings. The number of rotatable bonds is 5. The summed E-state index contributed by atoms with van der Waals surface area (Å²) in [6.45, 7) is 7.72. The van der Waals surface area contributed by atoms with Gasteiger partial charge in [-0.1, -0.05) is 35.9 Å². The van der Waals surface area contributed by atoms with Crippen LogP contribution in [-0.4, -0.2) is 58.3 Å². The number of H-pyrrole nitrogens is 1. The highest BCUT2D eigenvalue weighted by atomic mass is 15.3. The number of benzene rings is 1. The molecule has 4 rings (SSSR count). The molecule has 3 heterocycles. The Morgan fingerprint density at radius 3 is 2.43 bits per heavy atom. The molecule has 0 amide bonds. The van der Waals surface area contributed by atoms with E-state index in [1.807, 2.05) is 25.1 Å². The largest absolute Gasteiger partial charge is 0.393 e. The molecule has 0 atom stereocenters. The van der Waals surface area contributed by atoms with E-state index in [2.05, 4.69) is 68.5 Å². The van der Waals surface area contributed by atoms with Crippen molar-refractivity contribution in [2.75, 3.05) is 49.2 Å². The van der Waals surface area contributed by atoms with Gasteiger partial charge in [-0.05, 0) is 32.5 Å². The molecule has 1 saturated heterocycles. The zero-order chi connectivity index (χ0) is 21.1. The van der Waals surface area contributed by atoms with Crippen molar-refractivity contribution >= 4 is 35.3 Å². The number of nitrogens with one attached hydrogen (secondary N) is 2. The maximum Gasteiger partial charge on any atom is 0.161 e. The lowest BCUT2D eigenvalue weighted by molar-refractivity contribution is 0.312. The molecule has 0 radical (unpaired) electrons. The molecule has 0 bridgehead atoms. The molecule has 1 aromatic carbocycles. The predicted octanol–water partition coefficient (Wildman–Crippen LogP) is 3.06. The van der Waals surface area contributed by atoms with Crippen molar-refractivity contribution in [2.45, 2.75) is 13.8 Å². The van der Waals surface area contributed by atoms with E-state index < -0.39 is 0 Å². The third-order valence-corrected chi connectivity index (χ3v) is 5.20. The SMILES string of the molecule is Cc1ccc(C=Cc2nc(Nc3cc(C)[nH]n3)c(N)c(N3CCN(C)CC3)n2)cc1. The Bertz CT molecular complexity index is 1030.